The smallest absolute Gasteiger partial charge is 0.200 e. The molecule has 0 amide bonds. The van der Waals surface area contributed by atoms with Crippen LogP contribution < -0.4 is 4.74 Å². The van der Waals surface area contributed by atoms with Crippen molar-refractivity contribution in [1.29, 1.82) is 0 Å². The zero-order valence-corrected chi connectivity index (χ0v) is 13.1. The molecule has 0 saturated heterocycles. The number of benzene rings is 2. The first-order valence-corrected chi connectivity index (χ1v) is 7.87. The molecule has 0 fully saturated rings. The first-order valence-electron chi connectivity index (χ1n) is 5.85. The second kappa shape index (κ2) is 6.90. The number of thioether (sulfide) groups is 1. The summed E-state index contributed by atoms with van der Waals surface area (Å²) in [5, 5.41) is 0. The van der Waals surface area contributed by atoms with E-state index in [0.717, 1.165) is 4.90 Å². The van der Waals surface area contributed by atoms with E-state index in [1.165, 1.54) is 12.1 Å². The topological polar surface area (TPSA) is 26.3 Å². The molecule has 20 heavy (non-hydrogen) atoms. The Morgan fingerprint density at radius 3 is 2.60 bits per heavy atom. The maximum Gasteiger partial charge on any atom is 0.200 e. The van der Waals surface area contributed by atoms with Gasteiger partial charge in [-0.05, 0) is 36.6 Å². The summed E-state index contributed by atoms with van der Waals surface area (Å²) in [4.78, 5) is 13.0. The van der Waals surface area contributed by atoms with Gasteiger partial charge in [0, 0.05) is 14.9 Å². The van der Waals surface area contributed by atoms with Crippen molar-refractivity contribution < 1.29 is 13.9 Å². The summed E-state index contributed by atoms with van der Waals surface area (Å²) in [6, 6.07) is 11.6. The number of carbonyl (C=O) groups excluding carboxylic acids is 1. The van der Waals surface area contributed by atoms with E-state index in [0.29, 0.717) is 10.0 Å². The first kappa shape index (κ1) is 15.1. The van der Waals surface area contributed by atoms with E-state index < -0.39 is 5.82 Å². The molecule has 0 atom stereocenters. The normalized spacial score (nSPS) is 10.3. The van der Waals surface area contributed by atoms with Gasteiger partial charge in [-0.15, -0.1) is 11.8 Å². The van der Waals surface area contributed by atoms with Crippen LogP contribution in [-0.4, -0.2) is 18.6 Å². The van der Waals surface area contributed by atoms with Crippen molar-refractivity contribution in [3.8, 4) is 5.75 Å². The van der Waals surface area contributed by atoms with Crippen LogP contribution in [0.25, 0.3) is 0 Å². The lowest BCUT2D eigenvalue weighted by Crippen LogP contribution is -2.12. The van der Waals surface area contributed by atoms with E-state index in [1.54, 1.807) is 30.0 Å². The maximum atomic E-state index is 13.5. The lowest BCUT2D eigenvalue weighted by Gasteiger charge is -2.07. The maximum absolute atomic E-state index is 13.5. The number of carbonyl (C=O) groups is 1. The van der Waals surface area contributed by atoms with Crippen molar-refractivity contribution in [3.05, 3.63) is 58.3 Å². The van der Waals surface area contributed by atoms with Crippen molar-refractivity contribution >= 4 is 33.5 Å². The molecule has 0 bridgehead atoms. The van der Waals surface area contributed by atoms with E-state index >= 15 is 0 Å². The third kappa shape index (κ3) is 3.84. The lowest BCUT2D eigenvalue weighted by molar-refractivity contribution is 0.0918. The molecule has 2 rings (SSSR count). The second-order valence-corrected chi connectivity index (χ2v) is 5.81. The molecule has 5 heteroatoms. The third-order valence-corrected chi connectivity index (χ3v) is 3.90. The molecule has 0 aliphatic heterocycles. The Labute approximate surface area is 129 Å². The summed E-state index contributed by atoms with van der Waals surface area (Å²) in [7, 11) is 0. The van der Waals surface area contributed by atoms with Crippen LogP contribution in [0, 0.1) is 5.82 Å². The quantitative estimate of drug-likeness (QED) is 0.581. The van der Waals surface area contributed by atoms with Crippen LogP contribution in [0.4, 0.5) is 4.39 Å². The minimum absolute atomic E-state index is 0.0634. The molecule has 104 valence electrons. The highest BCUT2D eigenvalue weighted by Crippen LogP contribution is 2.22. The molecule has 2 aromatic carbocycles. The molecule has 0 N–H and O–H groups in total. The Kier molecular flexibility index (Phi) is 5.20. The van der Waals surface area contributed by atoms with E-state index in [9.17, 15) is 9.18 Å². The van der Waals surface area contributed by atoms with E-state index in [1.807, 2.05) is 18.4 Å². The Bertz CT molecular complexity index is 614. The summed E-state index contributed by atoms with van der Waals surface area (Å²) in [6.07, 6.45) is 1.97. The lowest BCUT2D eigenvalue weighted by atomic mass is 10.1. The van der Waals surface area contributed by atoms with Gasteiger partial charge in [0.15, 0.2) is 24.0 Å². The standard InChI is InChI=1S/C15H12BrFO2S/c1-20-12-5-2-10(3-6-12)14(18)9-19-15-8-11(16)4-7-13(15)17/h2-8H,9H2,1H3. The number of hydrogen-bond donors (Lipinski definition) is 0. The van der Waals surface area contributed by atoms with Crippen molar-refractivity contribution in [1.82, 2.24) is 0 Å². The van der Waals surface area contributed by atoms with Gasteiger partial charge in [0.1, 0.15) is 0 Å². The molecule has 0 aliphatic rings. The number of rotatable bonds is 5. The predicted molar refractivity (Wildman–Crippen MR) is 82.1 cm³/mol. The fourth-order valence-electron chi connectivity index (χ4n) is 1.59. The van der Waals surface area contributed by atoms with Gasteiger partial charge in [-0.1, -0.05) is 28.1 Å². The Balaban J connectivity index is 2.02. The largest absolute Gasteiger partial charge is 0.482 e. The summed E-state index contributed by atoms with van der Waals surface area (Å²) >= 11 is 4.84. The average Bonchev–Trinajstić information content (AvgIpc) is 2.48. The van der Waals surface area contributed by atoms with Crippen LogP contribution in [0.1, 0.15) is 10.4 Å². The van der Waals surface area contributed by atoms with Gasteiger partial charge in [-0.3, -0.25) is 4.79 Å². The molecular weight excluding hydrogens is 343 g/mol. The molecule has 0 spiro atoms. The van der Waals surface area contributed by atoms with Crippen LogP contribution in [0.2, 0.25) is 0 Å². The number of ketones is 1. The van der Waals surface area contributed by atoms with Gasteiger partial charge >= 0.3 is 0 Å². The molecular formula is C15H12BrFO2S. The summed E-state index contributed by atoms with van der Waals surface area (Å²) in [5.41, 5.74) is 0.554. The van der Waals surface area contributed by atoms with Crippen LogP contribution in [-0.2, 0) is 0 Å². The van der Waals surface area contributed by atoms with E-state index in [4.69, 9.17) is 4.74 Å². The number of Topliss-reactive ketones (excluding diaryl/α,β-unsaturated/α-hetero) is 1. The molecule has 0 aromatic heterocycles. The molecule has 0 heterocycles. The number of hydrogen-bond acceptors (Lipinski definition) is 3. The number of ether oxygens (including phenoxy) is 1. The monoisotopic (exact) mass is 354 g/mol. The highest BCUT2D eigenvalue weighted by Gasteiger charge is 2.09. The first-order chi connectivity index (χ1) is 9.60. The molecule has 2 aromatic rings. The van der Waals surface area contributed by atoms with Crippen molar-refractivity contribution in [2.75, 3.05) is 12.9 Å². The fraction of sp³-hybridized carbons (Fsp3) is 0.133. The minimum atomic E-state index is -0.487. The van der Waals surface area contributed by atoms with Gasteiger partial charge < -0.3 is 4.74 Å². The van der Waals surface area contributed by atoms with Gasteiger partial charge in [0.05, 0.1) is 0 Å². The molecule has 0 unspecified atom stereocenters. The summed E-state index contributed by atoms with van der Waals surface area (Å²) < 4.78 is 19.4. The highest BCUT2D eigenvalue weighted by molar-refractivity contribution is 9.10. The zero-order valence-electron chi connectivity index (χ0n) is 10.7. The SMILES string of the molecule is CSc1ccc(C(=O)COc2cc(Br)ccc2F)cc1. The third-order valence-electron chi connectivity index (χ3n) is 2.66. The summed E-state index contributed by atoms with van der Waals surface area (Å²) in [6.45, 7) is -0.189. The highest BCUT2D eigenvalue weighted by atomic mass is 79.9. The fourth-order valence-corrected chi connectivity index (χ4v) is 2.34. The molecule has 0 saturated carbocycles. The summed E-state index contributed by atoms with van der Waals surface area (Å²) in [5.74, 6) is -0.607. The predicted octanol–water partition coefficient (Wildman–Crippen LogP) is 4.57. The van der Waals surface area contributed by atoms with Crippen molar-refractivity contribution in [2.24, 2.45) is 0 Å². The molecule has 0 radical (unpaired) electrons. The Hall–Kier alpha value is -1.33. The number of halogens is 2. The van der Waals surface area contributed by atoms with Crippen LogP contribution in [0.5, 0.6) is 5.75 Å². The molecule has 2 nitrogen and oxygen atoms in total. The second-order valence-electron chi connectivity index (χ2n) is 4.02. The van der Waals surface area contributed by atoms with Gasteiger partial charge in [-0.25, -0.2) is 4.39 Å². The van der Waals surface area contributed by atoms with E-state index in [2.05, 4.69) is 15.9 Å². The molecule has 0 aliphatic carbocycles. The zero-order chi connectivity index (χ0) is 14.5. The van der Waals surface area contributed by atoms with Crippen molar-refractivity contribution in [2.45, 2.75) is 4.90 Å². The van der Waals surface area contributed by atoms with Gasteiger partial charge in [0.2, 0.25) is 0 Å². The van der Waals surface area contributed by atoms with Gasteiger partial charge in [0.25, 0.3) is 0 Å². The van der Waals surface area contributed by atoms with Crippen molar-refractivity contribution in [3.63, 3.8) is 0 Å². The van der Waals surface area contributed by atoms with E-state index in [-0.39, 0.29) is 18.1 Å². The van der Waals surface area contributed by atoms with Crippen LogP contribution in [0.15, 0.2) is 51.8 Å². The minimum Gasteiger partial charge on any atom is -0.482 e. The Morgan fingerprint density at radius 1 is 1.25 bits per heavy atom. The van der Waals surface area contributed by atoms with Crippen LogP contribution >= 0.6 is 27.7 Å². The Morgan fingerprint density at radius 2 is 1.95 bits per heavy atom. The average molecular weight is 355 g/mol. The van der Waals surface area contributed by atoms with Gasteiger partial charge in [-0.2, -0.15) is 0 Å². The van der Waals surface area contributed by atoms with Crippen LogP contribution in [0.3, 0.4) is 0 Å².